The minimum atomic E-state index is -0.398. The van der Waals surface area contributed by atoms with Gasteiger partial charge in [0, 0.05) is 19.5 Å². The molecule has 0 atom stereocenters. The van der Waals surface area contributed by atoms with E-state index in [4.69, 9.17) is 4.74 Å². The van der Waals surface area contributed by atoms with Crippen LogP contribution in [0.15, 0.2) is 18.2 Å². The molecule has 0 saturated heterocycles. The number of benzene rings is 1. The van der Waals surface area contributed by atoms with Crippen molar-refractivity contribution in [3.05, 3.63) is 29.6 Å². The molecule has 0 radical (unpaired) electrons. The van der Waals surface area contributed by atoms with Crippen molar-refractivity contribution in [3.8, 4) is 5.75 Å². The van der Waals surface area contributed by atoms with Gasteiger partial charge in [0.15, 0.2) is 11.6 Å². The van der Waals surface area contributed by atoms with Crippen LogP contribution in [0.4, 0.5) is 4.39 Å². The fraction of sp³-hybridized carbons (Fsp3) is 0.462. The molecule has 0 heterocycles. The second kappa shape index (κ2) is 9.58. The van der Waals surface area contributed by atoms with Crippen molar-refractivity contribution in [2.45, 2.75) is 12.8 Å². The zero-order chi connectivity index (χ0) is 13.4. The van der Waals surface area contributed by atoms with Gasteiger partial charge in [0.25, 0.3) is 0 Å². The van der Waals surface area contributed by atoms with Crippen LogP contribution in [0.25, 0.3) is 0 Å². The molecule has 0 saturated carbocycles. The van der Waals surface area contributed by atoms with Crippen LogP contribution in [0.3, 0.4) is 0 Å². The largest absolute Gasteiger partial charge is 0.494 e. The van der Waals surface area contributed by atoms with Gasteiger partial charge in [-0.1, -0.05) is 6.07 Å². The monoisotopic (exact) mass is 290 g/mol. The van der Waals surface area contributed by atoms with Crippen molar-refractivity contribution in [1.82, 2.24) is 10.6 Å². The molecule has 4 nitrogen and oxygen atoms in total. The van der Waals surface area contributed by atoms with Crippen LogP contribution >= 0.6 is 12.4 Å². The Morgan fingerprint density at radius 3 is 2.68 bits per heavy atom. The Balaban J connectivity index is 0.00000324. The Morgan fingerprint density at radius 2 is 2.11 bits per heavy atom. The Kier molecular flexibility index (Phi) is 8.91. The number of ether oxygens (including phenoxy) is 1. The molecule has 6 heteroatoms. The van der Waals surface area contributed by atoms with E-state index in [-0.39, 0.29) is 24.1 Å². The van der Waals surface area contributed by atoms with E-state index in [1.165, 1.54) is 13.2 Å². The number of hydrogen-bond acceptors (Lipinski definition) is 3. The number of carbonyl (C=O) groups excluding carboxylic acids is 1. The zero-order valence-electron chi connectivity index (χ0n) is 11.2. The quantitative estimate of drug-likeness (QED) is 0.749. The smallest absolute Gasteiger partial charge is 0.220 e. The third kappa shape index (κ3) is 6.40. The van der Waals surface area contributed by atoms with E-state index >= 15 is 0 Å². The van der Waals surface area contributed by atoms with E-state index in [0.717, 1.165) is 12.1 Å². The van der Waals surface area contributed by atoms with Crippen molar-refractivity contribution < 1.29 is 13.9 Å². The Hall–Kier alpha value is -1.33. The minimum absolute atomic E-state index is 0. The van der Waals surface area contributed by atoms with Gasteiger partial charge in [-0.3, -0.25) is 4.79 Å². The van der Waals surface area contributed by atoms with E-state index in [1.54, 1.807) is 12.1 Å². The summed E-state index contributed by atoms with van der Waals surface area (Å²) in [6.07, 6.45) is 0.877. The molecule has 0 aliphatic rings. The van der Waals surface area contributed by atoms with E-state index < -0.39 is 5.82 Å². The summed E-state index contributed by atoms with van der Waals surface area (Å²) in [5.74, 6) is -0.204. The van der Waals surface area contributed by atoms with Crippen LogP contribution in [-0.2, 0) is 11.2 Å². The second-order valence-corrected chi connectivity index (χ2v) is 3.92. The number of halogens is 2. The SMILES string of the molecule is CNCCNC(=O)CCc1ccc(OC)c(F)c1.Cl. The first kappa shape index (κ1) is 17.7. The highest BCUT2D eigenvalue weighted by atomic mass is 35.5. The number of rotatable bonds is 7. The second-order valence-electron chi connectivity index (χ2n) is 3.92. The number of methoxy groups -OCH3 is 1. The van der Waals surface area contributed by atoms with Crippen LogP contribution in [0, 0.1) is 5.82 Å². The van der Waals surface area contributed by atoms with Crippen LogP contribution in [0.1, 0.15) is 12.0 Å². The van der Waals surface area contributed by atoms with E-state index in [9.17, 15) is 9.18 Å². The van der Waals surface area contributed by atoms with Crippen molar-refractivity contribution in [3.63, 3.8) is 0 Å². The van der Waals surface area contributed by atoms with Crippen LogP contribution in [-0.4, -0.2) is 33.2 Å². The summed E-state index contributed by atoms with van der Waals surface area (Å²) in [6, 6.07) is 4.74. The average Bonchev–Trinajstić information content (AvgIpc) is 2.37. The first-order valence-electron chi connectivity index (χ1n) is 5.91. The molecule has 108 valence electrons. The maximum absolute atomic E-state index is 13.4. The molecule has 0 aliphatic heterocycles. The lowest BCUT2D eigenvalue weighted by Gasteiger charge is -2.06. The highest BCUT2D eigenvalue weighted by Crippen LogP contribution is 2.18. The van der Waals surface area contributed by atoms with Gasteiger partial charge in [0.2, 0.25) is 5.91 Å². The molecule has 0 aromatic heterocycles. The summed E-state index contributed by atoms with van der Waals surface area (Å²) in [5.41, 5.74) is 0.789. The number of nitrogens with one attached hydrogen (secondary N) is 2. The molecule has 1 aromatic rings. The van der Waals surface area contributed by atoms with Crippen molar-refractivity contribution in [2.75, 3.05) is 27.2 Å². The molecule has 1 rings (SSSR count). The third-order valence-corrected chi connectivity index (χ3v) is 2.55. The Bertz CT molecular complexity index is 402. The number of aryl methyl sites for hydroxylation is 1. The van der Waals surface area contributed by atoms with Gasteiger partial charge in [0.1, 0.15) is 0 Å². The van der Waals surface area contributed by atoms with Gasteiger partial charge < -0.3 is 15.4 Å². The zero-order valence-corrected chi connectivity index (χ0v) is 12.0. The van der Waals surface area contributed by atoms with E-state index in [1.807, 2.05) is 7.05 Å². The summed E-state index contributed by atoms with van der Waals surface area (Å²) in [5, 5.41) is 5.71. The standard InChI is InChI=1S/C13H19FN2O2.ClH/c1-15-7-8-16-13(17)6-4-10-3-5-12(18-2)11(14)9-10;/h3,5,9,15H,4,6-8H2,1-2H3,(H,16,17);1H. The maximum Gasteiger partial charge on any atom is 0.220 e. The maximum atomic E-state index is 13.4. The molecule has 0 bridgehead atoms. The molecule has 0 aliphatic carbocycles. The minimum Gasteiger partial charge on any atom is -0.494 e. The lowest BCUT2D eigenvalue weighted by atomic mass is 10.1. The molecule has 1 aromatic carbocycles. The van der Waals surface area contributed by atoms with Crippen LogP contribution in [0.2, 0.25) is 0 Å². The summed E-state index contributed by atoms with van der Waals surface area (Å²) >= 11 is 0. The van der Waals surface area contributed by atoms with Crippen molar-refractivity contribution >= 4 is 18.3 Å². The number of amides is 1. The third-order valence-electron chi connectivity index (χ3n) is 2.55. The normalized spacial score (nSPS) is 9.63. The molecule has 2 N–H and O–H groups in total. The Morgan fingerprint density at radius 1 is 1.37 bits per heavy atom. The van der Waals surface area contributed by atoms with Crippen LogP contribution < -0.4 is 15.4 Å². The number of carbonyl (C=O) groups is 1. The topological polar surface area (TPSA) is 50.4 Å². The predicted molar refractivity (Wildman–Crippen MR) is 75.5 cm³/mol. The summed E-state index contributed by atoms with van der Waals surface area (Å²) in [4.78, 5) is 11.4. The number of hydrogen-bond donors (Lipinski definition) is 2. The molecule has 0 unspecified atom stereocenters. The molecular weight excluding hydrogens is 271 g/mol. The fourth-order valence-corrected chi connectivity index (χ4v) is 1.54. The van der Waals surface area contributed by atoms with Crippen molar-refractivity contribution in [2.24, 2.45) is 0 Å². The lowest BCUT2D eigenvalue weighted by Crippen LogP contribution is -2.30. The van der Waals surface area contributed by atoms with Crippen LogP contribution in [0.5, 0.6) is 5.75 Å². The Labute approximate surface area is 119 Å². The van der Waals surface area contributed by atoms with Gasteiger partial charge >= 0.3 is 0 Å². The van der Waals surface area contributed by atoms with Gasteiger partial charge in [-0.05, 0) is 31.2 Å². The molecule has 1 amide bonds. The fourth-order valence-electron chi connectivity index (χ4n) is 1.54. The van der Waals surface area contributed by atoms with Gasteiger partial charge in [-0.2, -0.15) is 0 Å². The first-order chi connectivity index (χ1) is 8.67. The van der Waals surface area contributed by atoms with Crippen molar-refractivity contribution in [1.29, 1.82) is 0 Å². The predicted octanol–water partition coefficient (Wildman–Crippen LogP) is 1.52. The summed E-state index contributed by atoms with van der Waals surface area (Å²) in [7, 11) is 3.25. The molecule has 0 fully saturated rings. The first-order valence-corrected chi connectivity index (χ1v) is 5.91. The lowest BCUT2D eigenvalue weighted by molar-refractivity contribution is -0.121. The van der Waals surface area contributed by atoms with E-state index in [2.05, 4.69) is 10.6 Å². The molecule has 0 spiro atoms. The average molecular weight is 291 g/mol. The highest BCUT2D eigenvalue weighted by molar-refractivity contribution is 5.85. The molecule has 19 heavy (non-hydrogen) atoms. The highest BCUT2D eigenvalue weighted by Gasteiger charge is 2.05. The number of likely N-dealkylation sites (N-methyl/N-ethyl adjacent to an activating group) is 1. The summed E-state index contributed by atoms with van der Waals surface area (Å²) < 4.78 is 18.2. The van der Waals surface area contributed by atoms with Gasteiger partial charge in [0.05, 0.1) is 7.11 Å². The van der Waals surface area contributed by atoms with Gasteiger partial charge in [-0.25, -0.2) is 4.39 Å². The molecular formula is C13H20ClFN2O2. The van der Waals surface area contributed by atoms with Gasteiger partial charge in [-0.15, -0.1) is 12.4 Å². The summed E-state index contributed by atoms with van der Waals surface area (Å²) in [6.45, 7) is 1.34. The van der Waals surface area contributed by atoms with E-state index in [0.29, 0.717) is 19.4 Å².